The van der Waals surface area contributed by atoms with E-state index < -0.39 is 0 Å². The Hall–Kier alpha value is -2.37. The van der Waals surface area contributed by atoms with Gasteiger partial charge in [-0.15, -0.1) is 0 Å². The average molecular weight is 1190 g/mol. The van der Waals surface area contributed by atoms with E-state index in [1.54, 1.807) is 0 Å². The SMILES string of the molecule is CCCCCCCCCCCCCC(=O)CCN(CCC(=O)CC)CCN(CCCCCN(CCC(=O)NCCCCCCCCCCCC)CCC(=O)NCCCCCCCCCCCC)CCC(=O)NCCCCCCCCCCCC. The second kappa shape index (κ2) is 66.6. The molecule has 0 heterocycles. The third-order valence-corrected chi connectivity index (χ3v) is 17.6. The van der Waals surface area contributed by atoms with Crippen LogP contribution < -0.4 is 16.0 Å². The van der Waals surface area contributed by atoms with Gasteiger partial charge in [-0.3, -0.25) is 24.0 Å². The number of carbonyl (C=O) groups is 5. The highest BCUT2D eigenvalue weighted by molar-refractivity contribution is 5.79. The van der Waals surface area contributed by atoms with E-state index in [1.165, 1.54) is 225 Å². The van der Waals surface area contributed by atoms with Gasteiger partial charge in [0.2, 0.25) is 17.7 Å². The van der Waals surface area contributed by atoms with Gasteiger partial charge in [-0.2, -0.15) is 0 Å². The van der Waals surface area contributed by atoms with Crippen molar-refractivity contribution in [1.29, 1.82) is 0 Å². The molecule has 0 aliphatic carbocycles. The molecule has 0 rings (SSSR count). The summed E-state index contributed by atoms with van der Waals surface area (Å²) in [5, 5.41) is 9.59. The maximum absolute atomic E-state index is 13.2. The van der Waals surface area contributed by atoms with Crippen molar-refractivity contribution in [3.8, 4) is 0 Å². The zero-order chi connectivity index (χ0) is 61.3. The Morgan fingerprint density at radius 1 is 0.214 bits per heavy atom. The lowest BCUT2D eigenvalue weighted by molar-refractivity contribution is -0.122. The Morgan fingerprint density at radius 3 is 0.738 bits per heavy atom. The van der Waals surface area contributed by atoms with Crippen molar-refractivity contribution in [3.63, 3.8) is 0 Å². The highest BCUT2D eigenvalue weighted by atomic mass is 16.2. The summed E-state index contributed by atoms with van der Waals surface area (Å²) in [6.45, 7) is 19.8. The van der Waals surface area contributed by atoms with Crippen LogP contribution in [0.2, 0.25) is 0 Å². The number of unbranched alkanes of at least 4 members (excludes halogenated alkanes) is 39. The van der Waals surface area contributed by atoms with Crippen molar-refractivity contribution < 1.29 is 24.0 Å². The lowest BCUT2D eigenvalue weighted by Gasteiger charge is -2.28. The fourth-order valence-electron chi connectivity index (χ4n) is 11.6. The Morgan fingerprint density at radius 2 is 0.440 bits per heavy atom. The topological polar surface area (TPSA) is 131 Å². The van der Waals surface area contributed by atoms with Gasteiger partial charge >= 0.3 is 0 Å². The molecule has 0 aliphatic heterocycles. The van der Waals surface area contributed by atoms with E-state index in [2.05, 4.69) is 58.3 Å². The molecule has 0 aliphatic rings. The average Bonchev–Trinajstić information content (AvgIpc) is 3.51. The molecule has 0 unspecified atom stereocenters. The lowest BCUT2D eigenvalue weighted by Crippen LogP contribution is -2.39. The number of hydrogen-bond donors (Lipinski definition) is 3. The van der Waals surface area contributed by atoms with Crippen molar-refractivity contribution >= 4 is 29.3 Å². The molecule has 0 aromatic carbocycles. The third kappa shape index (κ3) is 61.3. The molecule has 0 saturated heterocycles. The molecule has 11 heteroatoms. The van der Waals surface area contributed by atoms with Crippen LogP contribution in [0.5, 0.6) is 0 Å². The van der Waals surface area contributed by atoms with E-state index in [0.29, 0.717) is 83.5 Å². The first-order valence-electron chi connectivity index (χ1n) is 37.2. The first kappa shape index (κ1) is 81.6. The van der Waals surface area contributed by atoms with Gasteiger partial charge in [-0.25, -0.2) is 0 Å². The van der Waals surface area contributed by atoms with Crippen LogP contribution in [-0.4, -0.2) is 123 Å². The molecule has 0 saturated carbocycles. The predicted octanol–water partition coefficient (Wildman–Crippen LogP) is 18.4. The number of Topliss-reactive ketones (excluding diaryl/α,β-unsaturated/α-hetero) is 2. The number of carbonyl (C=O) groups excluding carboxylic acids is 5. The highest BCUT2D eigenvalue weighted by Crippen LogP contribution is 2.16. The minimum Gasteiger partial charge on any atom is -0.356 e. The van der Waals surface area contributed by atoms with E-state index in [4.69, 9.17) is 0 Å². The van der Waals surface area contributed by atoms with E-state index in [0.717, 1.165) is 104 Å². The zero-order valence-electron chi connectivity index (χ0n) is 56.9. The second-order valence-corrected chi connectivity index (χ2v) is 25.6. The maximum Gasteiger partial charge on any atom is 0.221 e. The van der Waals surface area contributed by atoms with E-state index in [-0.39, 0.29) is 23.5 Å². The summed E-state index contributed by atoms with van der Waals surface area (Å²) < 4.78 is 0. The number of nitrogens with one attached hydrogen (secondary N) is 3. The summed E-state index contributed by atoms with van der Waals surface area (Å²) in [6, 6.07) is 0. The van der Waals surface area contributed by atoms with Crippen molar-refractivity contribution in [1.82, 2.24) is 30.7 Å². The van der Waals surface area contributed by atoms with Gasteiger partial charge in [-0.05, 0) is 51.6 Å². The minimum absolute atomic E-state index is 0.103. The van der Waals surface area contributed by atoms with Crippen molar-refractivity contribution in [3.05, 3.63) is 0 Å². The minimum atomic E-state index is 0.103. The molecule has 3 N–H and O–H groups in total. The second-order valence-electron chi connectivity index (χ2n) is 25.6. The summed E-state index contributed by atoms with van der Waals surface area (Å²) in [6.07, 6.45) is 58.8. The smallest absolute Gasteiger partial charge is 0.221 e. The molecule has 496 valence electrons. The molecule has 84 heavy (non-hydrogen) atoms. The summed E-state index contributed by atoms with van der Waals surface area (Å²) in [7, 11) is 0. The number of ketones is 2. The molecule has 0 aromatic heterocycles. The zero-order valence-corrected chi connectivity index (χ0v) is 56.9. The predicted molar refractivity (Wildman–Crippen MR) is 362 cm³/mol. The van der Waals surface area contributed by atoms with Crippen LogP contribution in [0.1, 0.15) is 362 Å². The lowest BCUT2D eigenvalue weighted by atomic mass is 10.0. The molecule has 0 bridgehead atoms. The molecular weight excluding hydrogens is 1040 g/mol. The van der Waals surface area contributed by atoms with Crippen LogP contribution in [0.3, 0.4) is 0 Å². The first-order chi connectivity index (χ1) is 41.2. The van der Waals surface area contributed by atoms with Gasteiger partial charge in [0.1, 0.15) is 11.6 Å². The number of hydrogen-bond acceptors (Lipinski definition) is 8. The number of rotatable bonds is 70. The van der Waals surface area contributed by atoms with Crippen LogP contribution in [0, 0.1) is 0 Å². The van der Waals surface area contributed by atoms with Crippen molar-refractivity contribution in [2.24, 2.45) is 0 Å². The van der Waals surface area contributed by atoms with Gasteiger partial charge in [0.05, 0.1) is 0 Å². The summed E-state index contributed by atoms with van der Waals surface area (Å²) in [5.41, 5.74) is 0. The molecule has 0 radical (unpaired) electrons. The molecule has 0 atom stereocenters. The Kier molecular flexibility index (Phi) is 64.7. The normalized spacial score (nSPS) is 11.6. The highest BCUT2D eigenvalue weighted by Gasteiger charge is 2.16. The fraction of sp³-hybridized carbons (Fsp3) is 0.932. The summed E-state index contributed by atoms with van der Waals surface area (Å²) in [4.78, 5) is 72.3. The Bertz CT molecular complexity index is 1410. The monoisotopic (exact) mass is 1190 g/mol. The largest absolute Gasteiger partial charge is 0.356 e. The van der Waals surface area contributed by atoms with Crippen LogP contribution in [0.4, 0.5) is 0 Å². The van der Waals surface area contributed by atoms with Gasteiger partial charge in [0.15, 0.2) is 0 Å². The van der Waals surface area contributed by atoms with Gasteiger partial charge in [0.25, 0.3) is 0 Å². The van der Waals surface area contributed by atoms with Crippen LogP contribution in [0.25, 0.3) is 0 Å². The standard InChI is InChI=1S/C73H144N6O5/c1-6-11-15-19-23-27-31-32-36-40-45-51-70(81)53-63-79(62-52-69(80)10-5)68-67-78(66-56-73(84)76-59-48-43-39-35-30-26-22-18-14-9-4)61-50-44-49-60-77(64-54-71(82)74-57-46-41-37-33-28-24-20-16-12-7-2)65-55-72(83)75-58-47-42-38-34-29-25-21-17-13-8-3/h6-68H2,1-5H3,(H,74,82)(H,75,83)(H,76,84). The molecule has 0 fully saturated rings. The number of nitrogens with zero attached hydrogens (tertiary/aromatic N) is 3. The molecule has 11 nitrogen and oxygen atoms in total. The van der Waals surface area contributed by atoms with Crippen molar-refractivity contribution in [2.75, 3.05) is 78.5 Å². The molecule has 0 spiro atoms. The van der Waals surface area contributed by atoms with Gasteiger partial charge in [0, 0.05) is 110 Å². The van der Waals surface area contributed by atoms with E-state index >= 15 is 0 Å². The fourth-order valence-corrected chi connectivity index (χ4v) is 11.6. The van der Waals surface area contributed by atoms with Gasteiger partial charge < -0.3 is 30.7 Å². The summed E-state index contributed by atoms with van der Waals surface area (Å²) >= 11 is 0. The first-order valence-corrected chi connectivity index (χ1v) is 37.2. The number of amides is 3. The molecule has 0 aromatic rings. The molecule has 3 amide bonds. The molecular formula is C73H144N6O5. The van der Waals surface area contributed by atoms with Crippen LogP contribution in [0.15, 0.2) is 0 Å². The van der Waals surface area contributed by atoms with Crippen LogP contribution in [-0.2, 0) is 24.0 Å². The quantitative estimate of drug-likeness (QED) is 0.0513. The third-order valence-electron chi connectivity index (χ3n) is 17.6. The van der Waals surface area contributed by atoms with Crippen molar-refractivity contribution in [2.45, 2.75) is 362 Å². The summed E-state index contributed by atoms with van der Waals surface area (Å²) in [5.74, 6) is 0.910. The Labute approximate surface area is 522 Å². The van der Waals surface area contributed by atoms with E-state index in [1.807, 2.05) is 6.92 Å². The van der Waals surface area contributed by atoms with Gasteiger partial charge in [-0.1, -0.05) is 279 Å². The Balaban J connectivity index is 5.49. The van der Waals surface area contributed by atoms with E-state index in [9.17, 15) is 24.0 Å². The maximum atomic E-state index is 13.2. The van der Waals surface area contributed by atoms with Crippen LogP contribution >= 0.6 is 0 Å².